The molecule has 1 aromatic carbocycles. The summed E-state index contributed by atoms with van der Waals surface area (Å²) in [5.74, 6) is 6.10. The van der Waals surface area contributed by atoms with Gasteiger partial charge in [0.1, 0.15) is 11.5 Å². The summed E-state index contributed by atoms with van der Waals surface area (Å²) in [5.41, 5.74) is 5.67. The normalized spacial score (nSPS) is 14.6. The van der Waals surface area contributed by atoms with Gasteiger partial charge >= 0.3 is 6.18 Å². The molecule has 0 aliphatic carbocycles. The van der Waals surface area contributed by atoms with E-state index in [0.29, 0.717) is 35.9 Å². The minimum atomic E-state index is -4.60. The van der Waals surface area contributed by atoms with Crippen molar-refractivity contribution >= 4 is 28.2 Å². The average molecular weight is 515 g/mol. The van der Waals surface area contributed by atoms with E-state index in [4.69, 9.17) is 5.73 Å². The number of halogens is 3. The lowest BCUT2D eigenvalue weighted by molar-refractivity contribution is -0.138. The molecule has 1 fully saturated rings. The van der Waals surface area contributed by atoms with E-state index in [1.807, 2.05) is 4.90 Å². The van der Waals surface area contributed by atoms with E-state index in [1.54, 1.807) is 0 Å². The minimum absolute atomic E-state index is 0.00413. The Morgan fingerprint density at radius 3 is 2.56 bits per heavy atom. The Hall–Kier alpha value is -3.82. The van der Waals surface area contributed by atoms with Gasteiger partial charge in [0.05, 0.1) is 23.5 Å². The predicted octanol–water partition coefficient (Wildman–Crippen LogP) is 2.69. The van der Waals surface area contributed by atoms with Crippen molar-refractivity contribution in [2.75, 3.05) is 35.6 Å². The van der Waals surface area contributed by atoms with Crippen molar-refractivity contribution in [2.45, 2.75) is 12.7 Å². The summed E-state index contributed by atoms with van der Waals surface area (Å²) in [4.78, 5) is 26.5. The van der Waals surface area contributed by atoms with E-state index in [1.165, 1.54) is 43.0 Å². The number of carbonyl (C=O) groups excluding carboxylic acids is 1. The summed E-state index contributed by atoms with van der Waals surface area (Å²) in [5, 5.41) is 2.50. The molecular formula is C24H21F3N6O2S. The molecule has 4 rings (SSSR count). The van der Waals surface area contributed by atoms with E-state index in [2.05, 4.69) is 32.1 Å². The van der Waals surface area contributed by atoms with Gasteiger partial charge in [-0.05, 0) is 29.7 Å². The Bertz CT molecular complexity index is 1340. The summed E-state index contributed by atoms with van der Waals surface area (Å²) in [6, 6.07) is 5.19. The summed E-state index contributed by atoms with van der Waals surface area (Å²) in [6.07, 6.45) is 0.905. The van der Waals surface area contributed by atoms with Gasteiger partial charge in [0.2, 0.25) is 0 Å². The van der Waals surface area contributed by atoms with Gasteiger partial charge in [-0.25, -0.2) is 9.97 Å². The molecule has 36 heavy (non-hydrogen) atoms. The maximum Gasteiger partial charge on any atom is 0.416 e. The van der Waals surface area contributed by atoms with Crippen LogP contribution in [0.15, 0.2) is 49.1 Å². The van der Waals surface area contributed by atoms with Gasteiger partial charge in [-0.2, -0.15) is 13.2 Å². The Labute approximate surface area is 207 Å². The zero-order chi connectivity index (χ0) is 25.7. The molecule has 0 radical (unpaired) electrons. The second-order valence-corrected chi connectivity index (χ2v) is 9.68. The number of aromatic nitrogens is 3. The fourth-order valence-corrected chi connectivity index (χ4v) is 4.63. The van der Waals surface area contributed by atoms with Crippen LogP contribution in [0.25, 0.3) is 0 Å². The summed E-state index contributed by atoms with van der Waals surface area (Å²) in [6.45, 7) is 1.03. The predicted molar refractivity (Wildman–Crippen MR) is 129 cm³/mol. The van der Waals surface area contributed by atoms with Crippen molar-refractivity contribution in [3.8, 4) is 11.8 Å². The number of anilines is 2. The Balaban J connectivity index is 1.50. The molecule has 2 aromatic heterocycles. The molecule has 3 aromatic rings. The largest absolute Gasteiger partial charge is 0.416 e. The van der Waals surface area contributed by atoms with Gasteiger partial charge < -0.3 is 11.1 Å². The van der Waals surface area contributed by atoms with Crippen LogP contribution in [0, 0.1) is 11.8 Å². The van der Waals surface area contributed by atoms with Crippen LogP contribution >= 0.6 is 0 Å². The third-order valence-corrected chi connectivity index (χ3v) is 6.62. The van der Waals surface area contributed by atoms with Crippen LogP contribution in [0.4, 0.5) is 24.7 Å². The Morgan fingerprint density at radius 2 is 1.86 bits per heavy atom. The van der Waals surface area contributed by atoms with Gasteiger partial charge in [-0.1, -0.05) is 12.0 Å². The highest BCUT2D eigenvalue weighted by molar-refractivity contribution is 7.85. The van der Waals surface area contributed by atoms with Crippen molar-refractivity contribution in [3.05, 3.63) is 77.0 Å². The third kappa shape index (κ3) is 6.65. The van der Waals surface area contributed by atoms with E-state index < -0.39 is 28.4 Å². The van der Waals surface area contributed by atoms with Gasteiger partial charge in [0.25, 0.3) is 5.91 Å². The van der Waals surface area contributed by atoms with E-state index >= 15 is 0 Å². The number of amides is 1. The van der Waals surface area contributed by atoms with Crippen LogP contribution in [-0.2, 0) is 23.5 Å². The van der Waals surface area contributed by atoms with Gasteiger partial charge in [0.15, 0.2) is 0 Å². The smallest absolute Gasteiger partial charge is 0.382 e. The lowest BCUT2D eigenvalue weighted by atomic mass is 10.0. The average Bonchev–Trinajstić information content (AvgIpc) is 2.85. The highest BCUT2D eigenvalue weighted by atomic mass is 32.2. The molecule has 0 spiro atoms. The van der Waals surface area contributed by atoms with Crippen LogP contribution in [0.3, 0.4) is 0 Å². The first kappa shape index (κ1) is 25.3. The molecule has 8 nitrogen and oxygen atoms in total. The van der Waals surface area contributed by atoms with Crippen molar-refractivity contribution in [3.63, 3.8) is 0 Å². The second-order valence-electron chi connectivity index (χ2n) is 7.99. The van der Waals surface area contributed by atoms with Crippen molar-refractivity contribution in [1.82, 2.24) is 19.9 Å². The number of hydrogen-bond acceptors (Lipinski definition) is 7. The van der Waals surface area contributed by atoms with Crippen LogP contribution in [0.1, 0.15) is 32.7 Å². The highest BCUT2D eigenvalue weighted by Crippen LogP contribution is 2.34. The van der Waals surface area contributed by atoms with Crippen molar-refractivity contribution in [1.29, 1.82) is 0 Å². The molecule has 3 heterocycles. The van der Waals surface area contributed by atoms with Crippen molar-refractivity contribution in [2.24, 2.45) is 0 Å². The highest BCUT2D eigenvalue weighted by Gasteiger charge is 2.34. The minimum Gasteiger partial charge on any atom is -0.382 e. The zero-order valence-electron chi connectivity index (χ0n) is 18.9. The van der Waals surface area contributed by atoms with Crippen LogP contribution < -0.4 is 11.1 Å². The summed E-state index contributed by atoms with van der Waals surface area (Å²) < 4.78 is 52.9. The van der Waals surface area contributed by atoms with Crippen LogP contribution in [0.5, 0.6) is 0 Å². The molecule has 3 N–H and O–H groups in total. The molecule has 1 aliphatic heterocycles. The second kappa shape index (κ2) is 10.8. The number of rotatable bonds is 4. The number of nitrogens with zero attached hydrogens (tertiary/aromatic N) is 4. The number of nitrogens with two attached hydrogens (primary N) is 1. The number of hydrogen-bond donors (Lipinski definition) is 2. The number of alkyl halides is 3. The fourth-order valence-electron chi connectivity index (χ4n) is 3.51. The molecule has 0 saturated carbocycles. The SMILES string of the molecule is Nc1cnc(C#Cc2cncc(C(=O)Nc3ccc(CN4CCS(=O)CC4)c(C(F)(F)F)c3)c2)cn1. The number of nitrogens with one attached hydrogen (secondary N) is 1. The molecule has 1 aliphatic rings. The van der Waals surface area contributed by atoms with Crippen molar-refractivity contribution < 1.29 is 22.2 Å². The van der Waals surface area contributed by atoms with Crippen LogP contribution in [0.2, 0.25) is 0 Å². The number of pyridine rings is 1. The summed E-state index contributed by atoms with van der Waals surface area (Å²) in [7, 11) is -0.919. The number of carbonyl (C=O) groups is 1. The Morgan fingerprint density at radius 1 is 1.08 bits per heavy atom. The maximum atomic E-state index is 13.8. The first-order valence-corrected chi connectivity index (χ1v) is 12.3. The third-order valence-electron chi connectivity index (χ3n) is 5.34. The first-order valence-electron chi connectivity index (χ1n) is 10.8. The molecule has 0 atom stereocenters. The first-order chi connectivity index (χ1) is 17.2. The van der Waals surface area contributed by atoms with E-state index in [0.717, 1.165) is 6.07 Å². The number of benzene rings is 1. The van der Waals surface area contributed by atoms with E-state index in [9.17, 15) is 22.2 Å². The molecule has 186 valence electrons. The quantitative estimate of drug-likeness (QED) is 0.515. The zero-order valence-corrected chi connectivity index (χ0v) is 19.7. The standard InChI is InChI=1S/C24H21F3N6O2S/c25-24(26,27)21-10-19(4-2-17(21)15-33-5-7-36(35)8-6-33)32-23(34)18-9-16(11-29-12-18)1-3-20-13-31-22(28)14-30-20/h2,4,9-14H,5-8,15H2,(H2,28,31)(H,32,34). The lowest BCUT2D eigenvalue weighted by Gasteiger charge is -2.27. The maximum absolute atomic E-state index is 13.8. The molecule has 12 heteroatoms. The van der Waals surface area contributed by atoms with Crippen LogP contribution in [-0.4, -0.2) is 54.6 Å². The molecule has 1 amide bonds. The monoisotopic (exact) mass is 514 g/mol. The van der Waals surface area contributed by atoms with Gasteiger partial charge in [-0.3, -0.25) is 18.9 Å². The van der Waals surface area contributed by atoms with Gasteiger partial charge in [0, 0.05) is 65.6 Å². The molecular weight excluding hydrogens is 493 g/mol. The fraction of sp³-hybridized carbons (Fsp3) is 0.250. The summed E-state index contributed by atoms with van der Waals surface area (Å²) >= 11 is 0. The Kier molecular flexibility index (Phi) is 7.61. The lowest BCUT2D eigenvalue weighted by Crippen LogP contribution is -2.37. The van der Waals surface area contributed by atoms with Gasteiger partial charge in [-0.15, -0.1) is 0 Å². The molecule has 0 unspecified atom stereocenters. The van der Waals surface area contributed by atoms with E-state index in [-0.39, 0.29) is 29.2 Å². The number of nitrogen functional groups attached to an aromatic ring is 1. The topological polar surface area (TPSA) is 114 Å². The molecule has 0 bridgehead atoms. The molecule has 1 saturated heterocycles.